The molecule has 0 bridgehead atoms. The third kappa shape index (κ3) is 2.60. The molecule has 1 heterocycles. The highest BCUT2D eigenvalue weighted by molar-refractivity contribution is 5.78. The average Bonchev–Trinajstić information content (AvgIpc) is 2.84. The lowest BCUT2D eigenvalue weighted by molar-refractivity contribution is -0.153. The van der Waals surface area contributed by atoms with E-state index < -0.39 is 18.5 Å². The molecule has 104 valence electrons. The second kappa shape index (κ2) is 5.40. The molecule has 1 N–H and O–H groups in total. The van der Waals surface area contributed by atoms with Crippen LogP contribution >= 0.6 is 0 Å². The standard InChI is InChI=1S/C12H12F2O5/c1-2-17-12(16)9(15)7-3-6(11(13)14)4-8-10(7)19-5-18-8/h3-4,9,11,15H,2,5H2,1H3. The maximum Gasteiger partial charge on any atom is 0.339 e. The molecule has 0 saturated carbocycles. The molecule has 2 rings (SSSR count). The van der Waals surface area contributed by atoms with Crippen LogP contribution in [-0.4, -0.2) is 24.5 Å². The Morgan fingerprint density at radius 1 is 1.47 bits per heavy atom. The molecule has 0 radical (unpaired) electrons. The molecule has 0 fully saturated rings. The molecule has 0 saturated heterocycles. The lowest BCUT2D eigenvalue weighted by Gasteiger charge is -2.13. The summed E-state index contributed by atoms with van der Waals surface area (Å²) < 4.78 is 40.2. The van der Waals surface area contributed by atoms with Crippen molar-refractivity contribution in [3.05, 3.63) is 23.3 Å². The largest absolute Gasteiger partial charge is 0.464 e. The molecule has 1 aliphatic heterocycles. The molecule has 19 heavy (non-hydrogen) atoms. The van der Waals surface area contributed by atoms with Crippen molar-refractivity contribution in [3.63, 3.8) is 0 Å². The van der Waals surface area contributed by atoms with E-state index in [1.807, 2.05) is 0 Å². The first kappa shape index (κ1) is 13.5. The van der Waals surface area contributed by atoms with Gasteiger partial charge in [0.2, 0.25) is 6.79 Å². The number of esters is 1. The number of ether oxygens (including phenoxy) is 3. The molecule has 0 spiro atoms. The van der Waals surface area contributed by atoms with E-state index in [9.17, 15) is 18.7 Å². The van der Waals surface area contributed by atoms with E-state index in [4.69, 9.17) is 9.47 Å². The molecule has 1 aromatic rings. The zero-order valence-corrected chi connectivity index (χ0v) is 10.1. The number of alkyl halides is 2. The Labute approximate surface area is 107 Å². The van der Waals surface area contributed by atoms with E-state index >= 15 is 0 Å². The Morgan fingerprint density at radius 3 is 2.84 bits per heavy atom. The Hall–Kier alpha value is -1.89. The number of aliphatic hydroxyl groups is 1. The van der Waals surface area contributed by atoms with Gasteiger partial charge in [0.05, 0.1) is 6.61 Å². The zero-order chi connectivity index (χ0) is 14.0. The number of rotatable bonds is 4. The maximum atomic E-state index is 12.7. The van der Waals surface area contributed by atoms with Gasteiger partial charge in [0, 0.05) is 11.1 Å². The van der Waals surface area contributed by atoms with Gasteiger partial charge in [-0.15, -0.1) is 0 Å². The van der Waals surface area contributed by atoms with E-state index in [-0.39, 0.29) is 36.0 Å². The molecule has 0 aromatic heterocycles. The van der Waals surface area contributed by atoms with Crippen LogP contribution in [0.4, 0.5) is 8.78 Å². The summed E-state index contributed by atoms with van der Waals surface area (Å²) in [7, 11) is 0. The summed E-state index contributed by atoms with van der Waals surface area (Å²) in [5.41, 5.74) is -0.439. The summed E-state index contributed by atoms with van der Waals surface area (Å²) in [6.07, 6.45) is -4.43. The fourth-order valence-corrected chi connectivity index (χ4v) is 1.74. The normalized spacial score (nSPS) is 14.6. The second-order valence-corrected chi connectivity index (χ2v) is 3.80. The highest BCUT2D eigenvalue weighted by Crippen LogP contribution is 2.42. The number of hydrogen-bond donors (Lipinski definition) is 1. The molecule has 5 nitrogen and oxygen atoms in total. The predicted octanol–water partition coefficient (Wildman–Crippen LogP) is 1.95. The molecule has 1 atom stereocenters. The Balaban J connectivity index is 2.41. The van der Waals surface area contributed by atoms with Crippen molar-refractivity contribution in [1.29, 1.82) is 0 Å². The van der Waals surface area contributed by atoms with Crippen LogP contribution in [0.15, 0.2) is 12.1 Å². The first-order chi connectivity index (χ1) is 9.04. The van der Waals surface area contributed by atoms with Gasteiger partial charge >= 0.3 is 5.97 Å². The monoisotopic (exact) mass is 274 g/mol. The van der Waals surface area contributed by atoms with Gasteiger partial charge in [0.25, 0.3) is 6.43 Å². The summed E-state index contributed by atoms with van der Waals surface area (Å²) in [5, 5.41) is 9.84. The predicted molar refractivity (Wildman–Crippen MR) is 59.1 cm³/mol. The highest BCUT2D eigenvalue weighted by Gasteiger charge is 2.29. The number of fused-ring (bicyclic) bond motifs is 1. The highest BCUT2D eigenvalue weighted by atomic mass is 19.3. The number of aliphatic hydroxyl groups excluding tert-OH is 1. The first-order valence-electron chi connectivity index (χ1n) is 5.60. The smallest absolute Gasteiger partial charge is 0.339 e. The Bertz CT molecular complexity index is 489. The summed E-state index contributed by atoms with van der Waals surface area (Å²) >= 11 is 0. The van der Waals surface area contributed by atoms with Crippen molar-refractivity contribution in [3.8, 4) is 11.5 Å². The van der Waals surface area contributed by atoms with Gasteiger partial charge in [0.1, 0.15) is 0 Å². The van der Waals surface area contributed by atoms with E-state index in [1.165, 1.54) is 0 Å². The summed E-state index contributed by atoms with van der Waals surface area (Å²) in [4.78, 5) is 11.5. The Kier molecular flexibility index (Phi) is 3.84. The molecule has 1 unspecified atom stereocenters. The van der Waals surface area contributed by atoms with Gasteiger partial charge in [-0.2, -0.15) is 0 Å². The third-order valence-electron chi connectivity index (χ3n) is 2.58. The molecular formula is C12H12F2O5. The lowest BCUT2D eigenvalue weighted by atomic mass is 10.0. The summed E-state index contributed by atoms with van der Waals surface area (Å²) in [6.45, 7) is 1.50. The quantitative estimate of drug-likeness (QED) is 0.850. The van der Waals surface area contributed by atoms with E-state index in [0.717, 1.165) is 12.1 Å². The van der Waals surface area contributed by atoms with Gasteiger partial charge in [-0.1, -0.05) is 0 Å². The molecular weight excluding hydrogens is 262 g/mol. The Morgan fingerprint density at radius 2 is 2.21 bits per heavy atom. The average molecular weight is 274 g/mol. The van der Waals surface area contributed by atoms with Crippen LogP contribution < -0.4 is 9.47 Å². The van der Waals surface area contributed by atoms with Gasteiger partial charge in [0.15, 0.2) is 17.6 Å². The minimum Gasteiger partial charge on any atom is -0.464 e. The van der Waals surface area contributed by atoms with Crippen LogP contribution in [0.25, 0.3) is 0 Å². The van der Waals surface area contributed by atoms with Crippen molar-refractivity contribution >= 4 is 5.97 Å². The second-order valence-electron chi connectivity index (χ2n) is 3.80. The third-order valence-corrected chi connectivity index (χ3v) is 2.58. The SMILES string of the molecule is CCOC(=O)C(O)c1cc(C(F)F)cc2c1OCO2. The molecule has 0 aliphatic carbocycles. The van der Waals surface area contributed by atoms with Crippen LogP contribution in [0.5, 0.6) is 11.5 Å². The van der Waals surface area contributed by atoms with Crippen molar-refractivity contribution in [2.45, 2.75) is 19.5 Å². The maximum absolute atomic E-state index is 12.7. The topological polar surface area (TPSA) is 65.0 Å². The number of halogens is 2. The van der Waals surface area contributed by atoms with Crippen molar-refractivity contribution in [2.75, 3.05) is 13.4 Å². The summed E-state index contributed by atoms with van der Waals surface area (Å²) in [5.74, 6) is -0.757. The minimum atomic E-state index is -2.75. The first-order valence-corrected chi connectivity index (χ1v) is 5.60. The van der Waals surface area contributed by atoms with Gasteiger partial charge in [-0.25, -0.2) is 13.6 Å². The number of hydrogen-bond acceptors (Lipinski definition) is 5. The molecule has 1 aliphatic rings. The van der Waals surface area contributed by atoms with Crippen LogP contribution in [0, 0.1) is 0 Å². The fraction of sp³-hybridized carbons (Fsp3) is 0.417. The minimum absolute atomic E-state index is 0.0734. The molecule has 0 amide bonds. The van der Waals surface area contributed by atoms with E-state index in [2.05, 4.69) is 4.74 Å². The van der Waals surface area contributed by atoms with Crippen LogP contribution in [0.1, 0.15) is 30.6 Å². The lowest BCUT2D eigenvalue weighted by Crippen LogP contribution is -2.16. The van der Waals surface area contributed by atoms with Crippen LogP contribution in [0.2, 0.25) is 0 Å². The van der Waals surface area contributed by atoms with E-state index in [1.54, 1.807) is 6.92 Å². The van der Waals surface area contributed by atoms with Crippen molar-refractivity contribution < 1.29 is 32.9 Å². The number of benzene rings is 1. The number of carbonyl (C=O) groups excluding carboxylic acids is 1. The van der Waals surface area contributed by atoms with Crippen LogP contribution in [0.3, 0.4) is 0 Å². The number of carbonyl (C=O) groups is 1. The fourth-order valence-electron chi connectivity index (χ4n) is 1.74. The van der Waals surface area contributed by atoms with Crippen molar-refractivity contribution in [1.82, 2.24) is 0 Å². The van der Waals surface area contributed by atoms with Gasteiger partial charge < -0.3 is 19.3 Å². The van der Waals surface area contributed by atoms with E-state index in [0.29, 0.717) is 0 Å². The molecule has 7 heteroatoms. The van der Waals surface area contributed by atoms with Gasteiger partial charge in [-0.05, 0) is 19.1 Å². The molecule has 1 aromatic carbocycles. The van der Waals surface area contributed by atoms with Crippen LogP contribution in [-0.2, 0) is 9.53 Å². The summed E-state index contributed by atoms with van der Waals surface area (Å²) in [6, 6.07) is 2.13. The van der Waals surface area contributed by atoms with Gasteiger partial charge in [-0.3, -0.25) is 0 Å². The zero-order valence-electron chi connectivity index (χ0n) is 10.1. The van der Waals surface area contributed by atoms with Crippen molar-refractivity contribution in [2.24, 2.45) is 0 Å².